The molecular formula is C41H35N3O4S. The number of hydrogen-bond acceptors (Lipinski definition) is 6. The van der Waals surface area contributed by atoms with Crippen molar-refractivity contribution in [3.63, 3.8) is 0 Å². The molecule has 0 radical (unpaired) electrons. The molecule has 8 heteroatoms. The van der Waals surface area contributed by atoms with Crippen LogP contribution in [-0.2, 0) is 9.53 Å². The summed E-state index contributed by atoms with van der Waals surface area (Å²) in [6.07, 6.45) is 1.96. The summed E-state index contributed by atoms with van der Waals surface area (Å²) >= 11 is 1.32. The molecule has 244 valence electrons. The van der Waals surface area contributed by atoms with Gasteiger partial charge in [0, 0.05) is 11.3 Å². The van der Waals surface area contributed by atoms with Gasteiger partial charge < -0.3 is 14.0 Å². The van der Waals surface area contributed by atoms with E-state index in [1.807, 2.05) is 91.9 Å². The standard InChI is InChI=1S/C41H35N3O4S/c1-4-47-33-23-21-30(22-24-33)38-36(40(46)48-5-2)27(3)42-41-44(38)39(45)35(49-41)26-31-25-34(28-15-9-6-10-16-28)43(32-19-13-8-14-20-32)37(31)29-17-11-7-12-18-29/h6-26,38H,4-5H2,1-3H3/b35-26-/t38-/m1/s1. The summed E-state index contributed by atoms with van der Waals surface area (Å²) in [7, 11) is 0. The highest BCUT2D eigenvalue weighted by molar-refractivity contribution is 7.07. The number of para-hydroxylation sites is 1. The fraction of sp³-hybridized carbons (Fsp3) is 0.146. The largest absolute Gasteiger partial charge is 0.494 e. The second kappa shape index (κ2) is 13.8. The second-order valence-corrected chi connectivity index (χ2v) is 12.5. The van der Waals surface area contributed by atoms with Gasteiger partial charge in [-0.25, -0.2) is 9.79 Å². The lowest BCUT2D eigenvalue weighted by atomic mass is 9.96. The molecule has 7 nitrogen and oxygen atoms in total. The van der Waals surface area contributed by atoms with Gasteiger partial charge >= 0.3 is 5.97 Å². The van der Waals surface area contributed by atoms with Crippen molar-refractivity contribution < 1.29 is 14.3 Å². The van der Waals surface area contributed by atoms with E-state index in [1.165, 1.54) is 11.3 Å². The van der Waals surface area contributed by atoms with Crippen molar-refractivity contribution in [2.45, 2.75) is 26.8 Å². The van der Waals surface area contributed by atoms with Gasteiger partial charge in [0.15, 0.2) is 4.80 Å². The number of benzene rings is 4. The number of carbonyl (C=O) groups excluding carboxylic acids is 1. The number of thiazole rings is 1. The first-order valence-electron chi connectivity index (χ1n) is 16.3. The lowest BCUT2D eigenvalue weighted by molar-refractivity contribution is -0.139. The Morgan fingerprint density at radius 2 is 1.47 bits per heavy atom. The van der Waals surface area contributed by atoms with Crippen LogP contribution < -0.4 is 19.6 Å². The van der Waals surface area contributed by atoms with E-state index in [1.54, 1.807) is 18.4 Å². The Hall–Kier alpha value is -5.73. The van der Waals surface area contributed by atoms with Crippen molar-refractivity contribution in [2.24, 2.45) is 4.99 Å². The summed E-state index contributed by atoms with van der Waals surface area (Å²) < 4.78 is 15.5. The molecule has 7 rings (SSSR count). The van der Waals surface area contributed by atoms with E-state index in [-0.39, 0.29) is 12.2 Å². The van der Waals surface area contributed by atoms with Crippen LogP contribution >= 0.6 is 11.3 Å². The number of esters is 1. The molecule has 0 bridgehead atoms. The van der Waals surface area contributed by atoms with E-state index >= 15 is 0 Å². The smallest absolute Gasteiger partial charge is 0.338 e. The maximum absolute atomic E-state index is 14.6. The minimum atomic E-state index is -0.712. The highest BCUT2D eigenvalue weighted by Crippen LogP contribution is 2.37. The third-order valence-electron chi connectivity index (χ3n) is 8.47. The molecule has 2 aromatic heterocycles. The van der Waals surface area contributed by atoms with Gasteiger partial charge in [0.2, 0.25) is 0 Å². The van der Waals surface area contributed by atoms with Crippen LogP contribution in [0.15, 0.2) is 142 Å². The SMILES string of the molecule is CCOC(=O)C1=C(C)N=c2s/c(=C\c3cc(-c4ccccc4)n(-c4ccccc4)c3-c3ccccc3)c(=O)n2[C@@H]1c1ccc(OCC)cc1. The Morgan fingerprint density at radius 3 is 2.10 bits per heavy atom. The van der Waals surface area contributed by atoms with Gasteiger partial charge in [-0.2, -0.15) is 0 Å². The molecule has 0 aliphatic carbocycles. The topological polar surface area (TPSA) is 74.8 Å². The van der Waals surface area contributed by atoms with Crippen molar-refractivity contribution in [3.8, 4) is 34.0 Å². The van der Waals surface area contributed by atoms with Crippen molar-refractivity contribution in [1.82, 2.24) is 9.13 Å². The van der Waals surface area contributed by atoms with Gasteiger partial charge in [0.25, 0.3) is 5.56 Å². The maximum Gasteiger partial charge on any atom is 0.338 e. The Balaban J connectivity index is 1.48. The molecule has 4 aromatic carbocycles. The Labute approximate surface area is 288 Å². The van der Waals surface area contributed by atoms with Crippen LogP contribution in [0.25, 0.3) is 34.3 Å². The number of fused-ring (bicyclic) bond motifs is 1. The zero-order valence-corrected chi connectivity index (χ0v) is 28.3. The first-order chi connectivity index (χ1) is 24.0. The zero-order chi connectivity index (χ0) is 33.9. The van der Waals surface area contributed by atoms with Crippen LogP contribution in [0.1, 0.15) is 37.9 Å². The highest BCUT2D eigenvalue weighted by atomic mass is 32.1. The predicted octanol–water partition coefficient (Wildman–Crippen LogP) is 7.32. The maximum atomic E-state index is 14.6. The van der Waals surface area contributed by atoms with E-state index in [2.05, 4.69) is 47.0 Å². The van der Waals surface area contributed by atoms with Crippen molar-refractivity contribution >= 4 is 23.4 Å². The summed E-state index contributed by atoms with van der Waals surface area (Å²) in [4.78, 5) is 33.3. The first kappa shape index (κ1) is 31.8. The van der Waals surface area contributed by atoms with Crippen LogP contribution in [0.2, 0.25) is 0 Å². The molecular weight excluding hydrogens is 631 g/mol. The average Bonchev–Trinajstić information content (AvgIpc) is 3.66. The number of hydrogen-bond donors (Lipinski definition) is 0. The monoisotopic (exact) mass is 665 g/mol. The predicted molar refractivity (Wildman–Crippen MR) is 195 cm³/mol. The number of ether oxygens (including phenoxy) is 2. The van der Waals surface area contributed by atoms with Gasteiger partial charge in [-0.3, -0.25) is 9.36 Å². The van der Waals surface area contributed by atoms with Crippen LogP contribution in [0.3, 0.4) is 0 Å². The lowest BCUT2D eigenvalue weighted by Gasteiger charge is -2.24. The van der Waals surface area contributed by atoms with Gasteiger partial charge in [-0.1, -0.05) is 102 Å². The van der Waals surface area contributed by atoms with E-state index < -0.39 is 12.0 Å². The summed E-state index contributed by atoms with van der Waals surface area (Å²) in [5, 5.41) is 0. The molecule has 1 atom stereocenters. The fourth-order valence-corrected chi connectivity index (χ4v) is 7.40. The normalized spacial score (nSPS) is 14.3. The van der Waals surface area contributed by atoms with E-state index in [0.717, 1.165) is 39.3 Å². The molecule has 6 aromatic rings. The number of rotatable bonds is 9. The van der Waals surface area contributed by atoms with Crippen LogP contribution in [-0.4, -0.2) is 28.3 Å². The highest BCUT2D eigenvalue weighted by Gasteiger charge is 2.33. The summed E-state index contributed by atoms with van der Waals surface area (Å²) in [6, 6.07) is 39.6. The Bertz CT molecular complexity index is 2340. The van der Waals surface area contributed by atoms with E-state index in [4.69, 9.17) is 14.5 Å². The molecule has 3 heterocycles. The van der Waals surface area contributed by atoms with Crippen molar-refractivity contribution in [1.29, 1.82) is 0 Å². The molecule has 0 saturated heterocycles. The first-order valence-corrected chi connectivity index (χ1v) is 17.1. The van der Waals surface area contributed by atoms with Gasteiger partial charge in [0.1, 0.15) is 5.75 Å². The molecule has 49 heavy (non-hydrogen) atoms. The Morgan fingerprint density at radius 1 is 0.837 bits per heavy atom. The molecule has 0 amide bonds. The number of allylic oxidation sites excluding steroid dienone is 1. The molecule has 0 unspecified atom stereocenters. The molecule has 1 aliphatic rings. The molecule has 0 fully saturated rings. The summed E-state index contributed by atoms with van der Waals surface area (Å²) in [5.41, 5.74) is 7.32. The minimum absolute atomic E-state index is 0.209. The van der Waals surface area contributed by atoms with Gasteiger partial charge in [0.05, 0.1) is 46.4 Å². The van der Waals surface area contributed by atoms with E-state index in [0.29, 0.717) is 33.0 Å². The quantitative estimate of drug-likeness (QED) is 0.152. The lowest BCUT2D eigenvalue weighted by Crippen LogP contribution is -2.39. The fourth-order valence-electron chi connectivity index (χ4n) is 6.36. The zero-order valence-electron chi connectivity index (χ0n) is 27.5. The van der Waals surface area contributed by atoms with Crippen LogP contribution in [0, 0.1) is 0 Å². The van der Waals surface area contributed by atoms with Crippen molar-refractivity contribution in [2.75, 3.05) is 13.2 Å². The molecule has 0 N–H and O–H groups in total. The average molecular weight is 666 g/mol. The second-order valence-electron chi connectivity index (χ2n) is 11.5. The summed E-state index contributed by atoms with van der Waals surface area (Å²) in [6.45, 7) is 6.23. The number of carbonyl (C=O) groups is 1. The Kier molecular flexibility index (Phi) is 8.96. The minimum Gasteiger partial charge on any atom is -0.494 e. The molecule has 1 aliphatic heterocycles. The third kappa shape index (κ3) is 6.07. The number of nitrogens with zero attached hydrogens (tertiary/aromatic N) is 3. The van der Waals surface area contributed by atoms with Gasteiger partial charge in [-0.15, -0.1) is 0 Å². The van der Waals surface area contributed by atoms with Crippen LogP contribution in [0.5, 0.6) is 5.75 Å². The number of aromatic nitrogens is 2. The third-order valence-corrected chi connectivity index (χ3v) is 9.45. The van der Waals surface area contributed by atoms with Crippen LogP contribution in [0.4, 0.5) is 0 Å². The van der Waals surface area contributed by atoms with Crippen molar-refractivity contribution in [3.05, 3.63) is 163 Å². The molecule has 0 spiro atoms. The molecule has 0 saturated carbocycles. The van der Waals surface area contributed by atoms with Gasteiger partial charge in [-0.05, 0) is 73.9 Å². The summed E-state index contributed by atoms with van der Waals surface area (Å²) in [5.74, 6) is 0.221. The van der Waals surface area contributed by atoms with E-state index in [9.17, 15) is 9.59 Å².